The monoisotopic (exact) mass is 409 g/mol. The van der Waals surface area contributed by atoms with Crippen molar-refractivity contribution in [1.29, 1.82) is 0 Å². The molecule has 1 amide bonds. The first-order valence-electron chi connectivity index (χ1n) is 8.38. The fraction of sp³-hybridized carbons (Fsp3) is 0.333. The second-order valence-electron chi connectivity index (χ2n) is 6.14. The van der Waals surface area contributed by atoms with Gasteiger partial charge in [0.15, 0.2) is 0 Å². The van der Waals surface area contributed by atoms with Crippen LogP contribution in [0.25, 0.3) is 11.1 Å². The maximum Gasteiger partial charge on any atom is 0.244 e. The Kier molecular flexibility index (Phi) is 5.69. The Balaban J connectivity index is 1.86. The SMILES string of the molecule is COc1cc(-c2ccc(S(=O)(=O)N3CCN(C(C)=O)CC3)c(Cl)c2)ccn1. The fourth-order valence-corrected chi connectivity index (χ4v) is 4.91. The Bertz CT molecular complexity index is 957. The Labute approximate surface area is 163 Å². The fourth-order valence-electron chi connectivity index (χ4n) is 2.97. The number of carbonyl (C=O) groups excluding carboxylic acids is 1. The van der Waals surface area contributed by atoms with Gasteiger partial charge in [-0.2, -0.15) is 4.31 Å². The lowest BCUT2D eigenvalue weighted by Crippen LogP contribution is -2.49. The van der Waals surface area contributed by atoms with Gasteiger partial charge in [-0.05, 0) is 29.3 Å². The number of hydrogen-bond acceptors (Lipinski definition) is 5. The molecule has 0 saturated carbocycles. The molecule has 0 aliphatic carbocycles. The van der Waals surface area contributed by atoms with E-state index < -0.39 is 10.0 Å². The number of carbonyl (C=O) groups is 1. The standard InChI is InChI=1S/C18H20ClN3O4S/c1-13(23)21-7-9-22(10-8-21)27(24,25)17-4-3-14(11-16(17)19)15-5-6-20-18(12-15)26-2/h3-6,11-12H,7-10H2,1-2H3. The molecule has 1 aliphatic rings. The third-order valence-electron chi connectivity index (χ3n) is 4.51. The second kappa shape index (κ2) is 7.84. The number of rotatable bonds is 4. The molecule has 1 fully saturated rings. The number of amides is 1. The third-order valence-corrected chi connectivity index (χ3v) is 6.89. The highest BCUT2D eigenvalue weighted by Gasteiger charge is 2.30. The first-order chi connectivity index (χ1) is 12.8. The summed E-state index contributed by atoms with van der Waals surface area (Å²) in [5, 5.41) is 0.150. The lowest BCUT2D eigenvalue weighted by atomic mass is 10.1. The van der Waals surface area contributed by atoms with Crippen LogP contribution in [0.4, 0.5) is 0 Å². The maximum absolute atomic E-state index is 12.9. The minimum Gasteiger partial charge on any atom is -0.481 e. The van der Waals surface area contributed by atoms with Gasteiger partial charge in [-0.1, -0.05) is 17.7 Å². The van der Waals surface area contributed by atoms with Gasteiger partial charge in [0.2, 0.25) is 21.8 Å². The van der Waals surface area contributed by atoms with Crippen molar-refractivity contribution in [3.05, 3.63) is 41.6 Å². The van der Waals surface area contributed by atoms with Crippen LogP contribution in [-0.4, -0.2) is 61.8 Å². The number of methoxy groups -OCH3 is 1. The minimum absolute atomic E-state index is 0.0535. The summed E-state index contributed by atoms with van der Waals surface area (Å²) in [6.07, 6.45) is 1.61. The molecule has 1 aliphatic heterocycles. The van der Waals surface area contributed by atoms with Gasteiger partial charge in [0.05, 0.1) is 12.1 Å². The number of aromatic nitrogens is 1. The van der Waals surface area contributed by atoms with E-state index in [1.165, 1.54) is 24.4 Å². The largest absolute Gasteiger partial charge is 0.481 e. The summed E-state index contributed by atoms with van der Waals surface area (Å²) in [5.41, 5.74) is 1.59. The van der Waals surface area contributed by atoms with Crippen molar-refractivity contribution in [2.75, 3.05) is 33.3 Å². The van der Waals surface area contributed by atoms with E-state index in [1.54, 1.807) is 35.4 Å². The molecule has 0 spiro atoms. The number of pyridine rings is 1. The van der Waals surface area contributed by atoms with E-state index in [-0.39, 0.29) is 28.9 Å². The highest BCUT2D eigenvalue weighted by molar-refractivity contribution is 7.89. The van der Waals surface area contributed by atoms with Crippen molar-refractivity contribution in [2.24, 2.45) is 0 Å². The molecule has 7 nitrogen and oxygen atoms in total. The van der Waals surface area contributed by atoms with E-state index >= 15 is 0 Å². The molecule has 2 heterocycles. The highest BCUT2D eigenvalue weighted by atomic mass is 35.5. The van der Waals surface area contributed by atoms with Gasteiger partial charge in [-0.3, -0.25) is 4.79 Å². The van der Waals surface area contributed by atoms with Crippen LogP contribution >= 0.6 is 11.6 Å². The number of halogens is 1. The zero-order chi connectivity index (χ0) is 19.6. The first-order valence-corrected chi connectivity index (χ1v) is 10.2. The van der Waals surface area contributed by atoms with Gasteiger partial charge in [0.25, 0.3) is 0 Å². The Hall–Kier alpha value is -2.16. The van der Waals surface area contributed by atoms with Gasteiger partial charge in [-0.25, -0.2) is 13.4 Å². The van der Waals surface area contributed by atoms with Crippen molar-refractivity contribution in [3.63, 3.8) is 0 Å². The van der Waals surface area contributed by atoms with Gasteiger partial charge in [0.1, 0.15) is 4.90 Å². The summed E-state index contributed by atoms with van der Waals surface area (Å²) in [7, 11) is -2.20. The van der Waals surface area contributed by atoms with Crippen molar-refractivity contribution < 1.29 is 17.9 Å². The van der Waals surface area contributed by atoms with Crippen molar-refractivity contribution in [1.82, 2.24) is 14.2 Å². The van der Waals surface area contributed by atoms with E-state index in [0.717, 1.165) is 11.1 Å². The van der Waals surface area contributed by atoms with Crippen molar-refractivity contribution >= 4 is 27.5 Å². The number of hydrogen-bond donors (Lipinski definition) is 0. The average molecular weight is 410 g/mol. The molecular weight excluding hydrogens is 390 g/mol. The van der Waals surface area contributed by atoms with Crippen LogP contribution in [0.1, 0.15) is 6.92 Å². The molecule has 9 heteroatoms. The maximum atomic E-state index is 12.9. The van der Waals surface area contributed by atoms with E-state index in [4.69, 9.17) is 16.3 Å². The van der Waals surface area contributed by atoms with Gasteiger partial charge >= 0.3 is 0 Å². The Morgan fingerprint density at radius 3 is 2.37 bits per heavy atom. The molecule has 0 atom stereocenters. The van der Waals surface area contributed by atoms with E-state index in [2.05, 4.69) is 4.98 Å². The predicted molar refractivity (Wildman–Crippen MR) is 102 cm³/mol. The molecule has 2 aromatic rings. The van der Waals surface area contributed by atoms with Gasteiger partial charge in [-0.15, -0.1) is 0 Å². The molecule has 0 bridgehead atoms. The Morgan fingerprint density at radius 1 is 1.11 bits per heavy atom. The number of nitrogens with zero attached hydrogens (tertiary/aromatic N) is 3. The normalized spacial score (nSPS) is 15.6. The summed E-state index contributed by atoms with van der Waals surface area (Å²) in [6, 6.07) is 8.38. The van der Waals surface area contributed by atoms with E-state index in [9.17, 15) is 13.2 Å². The molecule has 0 N–H and O–H groups in total. The van der Waals surface area contributed by atoms with Crippen LogP contribution in [-0.2, 0) is 14.8 Å². The highest BCUT2D eigenvalue weighted by Crippen LogP contribution is 2.31. The van der Waals surface area contributed by atoms with Crippen LogP contribution in [0.3, 0.4) is 0 Å². The molecule has 0 unspecified atom stereocenters. The zero-order valence-electron chi connectivity index (χ0n) is 15.1. The van der Waals surface area contributed by atoms with Crippen LogP contribution in [0.15, 0.2) is 41.4 Å². The van der Waals surface area contributed by atoms with Gasteiger partial charge in [0, 0.05) is 45.4 Å². The van der Waals surface area contributed by atoms with Crippen LogP contribution < -0.4 is 4.74 Å². The number of ether oxygens (including phenoxy) is 1. The third kappa shape index (κ3) is 4.07. The van der Waals surface area contributed by atoms with Crippen LogP contribution in [0.5, 0.6) is 5.88 Å². The number of benzene rings is 1. The summed E-state index contributed by atoms with van der Waals surface area (Å²) in [4.78, 5) is 17.2. The van der Waals surface area contributed by atoms with E-state index in [1.807, 2.05) is 0 Å². The zero-order valence-corrected chi connectivity index (χ0v) is 16.6. The van der Waals surface area contributed by atoms with Crippen molar-refractivity contribution in [2.45, 2.75) is 11.8 Å². The summed E-state index contributed by atoms with van der Waals surface area (Å²) >= 11 is 6.32. The summed E-state index contributed by atoms with van der Waals surface area (Å²) < 4.78 is 32.4. The molecule has 1 saturated heterocycles. The van der Waals surface area contributed by atoms with Gasteiger partial charge < -0.3 is 9.64 Å². The second-order valence-corrected chi connectivity index (χ2v) is 8.46. The average Bonchev–Trinajstić information content (AvgIpc) is 2.67. The molecule has 144 valence electrons. The van der Waals surface area contributed by atoms with Crippen LogP contribution in [0, 0.1) is 0 Å². The molecular formula is C18H20ClN3O4S. The summed E-state index contributed by atoms with van der Waals surface area (Å²) in [6.45, 7) is 2.74. The van der Waals surface area contributed by atoms with E-state index in [0.29, 0.717) is 19.0 Å². The molecule has 27 heavy (non-hydrogen) atoms. The molecule has 1 aromatic carbocycles. The lowest BCUT2D eigenvalue weighted by Gasteiger charge is -2.33. The van der Waals surface area contributed by atoms with Crippen LogP contribution in [0.2, 0.25) is 5.02 Å². The topological polar surface area (TPSA) is 79.8 Å². The Morgan fingerprint density at radius 2 is 1.78 bits per heavy atom. The molecule has 3 rings (SSSR count). The van der Waals surface area contributed by atoms with Crippen molar-refractivity contribution in [3.8, 4) is 17.0 Å². The smallest absolute Gasteiger partial charge is 0.244 e. The summed E-state index contributed by atoms with van der Waals surface area (Å²) in [5.74, 6) is 0.408. The first kappa shape index (κ1) is 19.6. The quantitative estimate of drug-likeness (QED) is 0.773. The minimum atomic E-state index is -3.73. The molecule has 0 radical (unpaired) electrons. The lowest BCUT2D eigenvalue weighted by molar-refractivity contribution is -0.129. The number of piperazine rings is 1. The predicted octanol–water partition coefficient (Wildman–Crippen LogP) is 2.26. The molecule has 1 aromatic heterocycles. The number of sulfonamides is 1.